The smallest absolute Gasteiger partial charge is 0.176 e. The summed E-state index contributed by atoms with van der Waals surface area (Å²) in [6.07, 6.45) is 0.0120. The first-order valence-corrected chi connectivity index (χ1v) is 6.60. The summed E-state index contributed by atoms with van der Waals surface area (Å²) >= 11 is 0. The quantitative estimate of drug-likeness (QED) is 0.656. The summed E-state index contributed by atoms with van der Waals surface area (Å²) in [6, 6.07) is 0. The molecule has 3 fully saturated rings. The summed E-state index contributed by atoms with van der Waals surface area (Å²) in [5, 5.41) is 10.3. The van der Waals surface area contributed by atoms with Crippen molar-refractivity contribution < 1.29 is 19.4 Å². The Morgan fingerprint density at radius 3 is 2.44 bits per heavy atom. The van der Waals surface area contributed by atoms with Gasteiger partial charge in [-0.25, -0.2) is 0 Å². The Labute approximate surface area is 107 Å². The van der Waals surface area contributed by atoms with Gasteiger partial charge in [0.15, 0.2) is 23.3 Å². The highest BCUT2D eigenvalue weighted by Crippen LogP contribution is 2.61. The van der Waals surface area contributed by atoms with Crippen LogP contribution in [0.25, 0.3) is 0 Å². The first-order valence-electron chi connectivity index (χ1n) is 6.60. The van der Waals surface area contributed by atoms with Gasteiger partial charge in [0, 0.05) is 5.92 Å². The van der Waals surface area contributed by atoms with Gasteiger partial charge < -0.3 is 9.84 Å². The molecule has 5 atom stereocenters. The van der Waals surface area contributed by atoms with Gasteiger partial charge in [-0.2, -0.15) is 0 Å². The number of ketones is 2. The molecule has 0 aromatic heterocycles. The van der Waals surface area contributed by atoms with Crippen molar-refractivity contribution in [2.45, 2.75) is 58.3 Å². The molecule has 18 heavy (non-hydrogen) atoms. The van der Waals surface area contributed by atoms with Gasteiger partial charge in [0.1, 0.15) is 0 Å². The Bertz CT molecular complexity index is 455. The molecule has 1 N–H and O–H groups in total. The second kappa shape index (κ2) is 3.05. The summed E-state index contributed by atoms with van der Waals surface area (Å²) in [5.41, 5.74) is -2.22. The molecule has 1 saturated heterocycles. The molecule has 100 valence electrons. The lowest BCUT2D eigenvalue weighted by molar-refractivity contribution is -0.169. The fraction of sp³-hybridized carbons (Fsp3) is 0.857. The van der Waals surface area contributed by atoms with Gasteiger partial charge in [0.05, 0.1) is 11.5 Å². The van der Waals surface area contributed by atoms with Crippen molar-refractivity contribution in [1.29, 1.82) is 0 Å². The predicted molar refractivity (Wildman–Crippen MR) is 63.9 cm³/mol. The number of hydrogen-bond acceptors (Lipinski definition) is 4. The zero-order chi connectivity index (χ0) is 13.5. The normalized spacial score (nSPS) is 53.7. The lowest BCUT2D eigenvalue weighted by Crippen LogP contribution is -2.64. The van der Waals surface area contributed by atoms with Gasteiger partial charge in [0.25, 0.3) is 0 Å². The van der Waals surface area contributed by atoms with Gasteiger partial charge in [-0.1, -0.05) is 13.8 Å². The third kappa shape index (κ3) is 1.14. The van der Waals surface area contributed by atoms with Crippen LogP contribution in [0.4, 0.5) is 0 Å². The largest absolute Gasteiger partial charge is 0.392 e. The number of aliphatic hydroxyl groups excluding tert-OH is 1. The number of Topliss-reactive ketones (excluding diaryl/α,β-unsaturated/α-hetero) is 2. The number of ether oxygens (including phenoxy) is 1. The van der Waals surface area contributed by atoms with E-state index in [-0.39, 0.29) is 17.0 Å². The molecule has 3 rings (SSSR count). The van der Waals surface area contributed by atoms with Crippen LogP contribution in [-0.2, 0) is 14.3 Å². The molecule has 0 amide bonds. The number of fused-ring (bicyclic) bond motifs is 2. The summed E-state index contributed by atoms with van der Waals surface area (Å²) in [7, 11) is 0. The molecule has 0 bridgehead atoms. The highest BCUT2D eigenvalue weighted by molar-refractivity contribution is 6.11. The molecule has 0 spiro atoms. The van der Waals surface area contributed by atoms with Crippen molar-refractivity contribution in [3.63, 3.8) is 0 Å². The molecule has 1 aliphatic heterocycles. The SMILES string of the molecule is CC1(C)CC[C@H](O)[C@]2(C)C(=O)[C@]3(C)O[C@@H]3C(=O)[C@@H]12. The molecular formula is C14H20O4. The maximum absolute atomic E-state index is 12.7. The van der Waals surface area contributed by atoms with Gasteiger partial charge in [-0.05, 0) is 32.1 Å². The first kappa shape index (κ1) is 12.3. The first-order chi connectivity index (χ1) is 8.15. The second-order valence-corrected chi connectivity index (χ2v) is 7.10. The zero-order valence-electron chi connectivity index (χ0n) is 11.3. The molecule has 0 radical (unpaired) electrons. The molecule has 2 aliphatic carbocycles. The average Bonchev–Trinajstić information content (AvgIpc) is 2.96. The van der Waals surface area contributed by atoms with E-state index in [0.29, 0.717) is 6.42 Å². The van der Waals surface area contributed by atoms with Crippen molar-refractivity contribution in [2.24, 2.45) is 16.7 Å². The third-order valence-corrected chi connectivity index (χ3v) is 5.42. The van der Waals surface area contributed by atoms with Crippen LogP contribution in [0.1, 0.15) is 40.5 Å². The van der Waals surface area contributed by atoms with E-state index in [9.17, 15) is 14.7 Å². The van der Waals surface area contributed by atoms with Crippen molar-refractivity contribution >= 4 is 11.6 Å². The summed E-state index contributed by atoms with van der Waals surface area (Å²) in [6.45, 7) is 7.44. The van der Waals surface area contributed by atoms with Gasteiger partial charge >= 0.3 is 0 Å². The molecule has 0 aromatic rings. The number of carbonyl (C=O) groups excluding carboxylic acids is 2. The lowest BCUT2D eigenvalue weighted by atomic mass is 9.48. The second-order valence-electron chi connectivity index (χ2n) is 7.10. The van der Waals surface area contributed by atoms with E-state index in [2.05, 4.69) is 0 Å². The van der Waals surface area contributed by atoms with Crippen LogP contribution in [0, 0.1) is 16.7 Å². The lowest BCUT2D eigenvalue weighted by Gasteiger charge is -2.53. The van der Waals surface area contributed by atoms with E-state index in [4.69, 9.17) is 4.74 Å². The fourth-order valence-electron chi connectivity index (χ4n) is 4.32. The monoisotopic (exact) mass is 252 g/mol. The number of carbonyl (C=O) groups is 2. The Morgan fingerprint density at radius 2 is 1.83 bits per heavy atom. The van der Waals surface area contributed by atoms with Crippen molar-refractivity contribution in [3.8, 4) is 0 Å². The van der Waals surface area contributed by atoms with Gasteiger partial charge in [0.2, 0.25) is 0 Å². The zero-order valence-corrected chi connectivity index (χ0v) is 11.3. The highest BCUT2D eigenvalue weighted by atomic mass is 16.6. The van der Waals surface area contributed by atoms with E-state index in [1.165, 1.54) is 0 Å². The maximum Gasteiger partial charge on any atom is 0.176 e. The number of hydrogen-bond donors (Lipinski definition) is 1. The third-order valence-electron chi connectivity index (χ3n) is 5.42. The minimum Gasteiger partial charge on any atom is -0.392 e. The molecule has 0 unspecified atom stereocenters. The summed E-state index contributed by atoms with van der Waals surface area (Å²) < 4.78 is 5.38. The maximum atomic E-state index is 12.7. The molecule has 4 heteroatoms. The average molecular weight is 252 g/mol. The van der Waals surface area contributed by atoms with Crippen LogP contribution in [0.2, 0.25) is 0 Å². The van der Waals surface area contributed by atoms with E-state index >= 15 is 0 Å². The van der Waals surface area contributed by atoms with Gasteiger partial charge in [-0.15, -0.1) is 0 Å². The molecule has 1 heterocycles. The molecule has 2 saturated carbocycles. The minimum absolute atomic E-state index is 0.00310. The predicted octanol–water partition coefficient (Wildman–Crippen LogP) is 1.10. The molecule has 0 aromatic carbocycles. The Kier molecular flexibility index (Phi) is 2.08. The Balaban J connectivity index is 2.15. The Hall–Kier alpha value is -0.740. The van der Waals surface area contributed by atoms with Crippen LogP contribution in [0.3, 0.4) is 0 Å². The highest BCUT2D eigenvalue weighted by Gasteiger charge is 2.76. The van der Waals surface area contributed by atoms with E-state index in [0.717, 1.165) is 6.42 Å². The molecule has 3 aliphatic rings. The van der Waals surface area contributed by atoms with Crippen LogP contribution in [-0.4, -0.2) is 34.5 Å². The van der Waals surface area contributed by atoms with Crippen LogP contribution in [0.5, 0.6) is 0 Å². The van der Waals surface area contributed by atoms with Crippen molar-refractivity contribution in [1.82, 2.24) is 0 Å². The van der Waals surface area contributed by atoms with Gasteiger partial charge in [-0.3, -0.25) is 9.59 Å². The standard InChI is InChI=1S/C14H20O4/c1-12(2)6-5-7(15)13(3)9(12)8(16)10-14(4,18-10)11(13)17/h7,9-10,15H,5-6H2,1-4H3/t7-,9-,10+,13-,14+/m0/s1. The van der Waals surface area contributed by atoms with E-state index < -0.39 is 29.1 Å². The summed E-state index contributed by atoms with van der Waals surface area (Å²) in [5.74, 6) is -0.518. The fourth-order valence-corrected chi connectivity index (χ4v) is 4.32. The van der Waals surface area contributed by atoms with E-state index in [1.807, 2.05) is 13.8 Å². The number of epoxide rings is 1. The van der Waals surface area contributed by atoms with Crippen LogP contribution >= 0.6 is 0 Å². The van der Waals surface area contributed by atoms with Crippen LogP contribution < -0.4 is 0 Å². The topological polar surface area (TPSA) is 66.9 Å². The molecular weight excluding hydrogens is 232 g/mol. The number of rotatable bonds is 0. The van der Waals surface area contributed by atoms with Crippen molar-refractivity contribution in [3.05, 3.63) is 0 Å². The molecule has 4 nitrogen and oxygen atoms in total. The Morgan fingerprint density at radius 1 is 1.22 bits per heavy atom. The van der Waals surface area contributed by atoms with E-state index in [1.54, 1.807) is 13.8 Å². The summed E-state index contributed by atoms with van der Waals surface area (Å²) in [4.78, 5) is 25.2. The minimum atomic E-state index is -0.986. The number of aliphatic hydroxyl groups is 1. The van der Waals surface area contributed by atoms with Crippen molar-refractivity contribution in [2.75, 3.05) is 0 Å². The van der Waals surface area contributed by atoms with Crippen LogP contribution in [0.15, 0.2) is 0 Å².